The Morgan fingerprint density at radius 1 is 1.23 bits per heavy atom. The van der Waals surface area contributed by atoms with E-state index in [1.807, 2.05) is 0 Å². The normalized spacial score (nSPS) is 8.82. The molecule has 0 aliphatic heterocycles. The molecule has 0 aliphatic carbocycles. The summed E-state index contributed by atoms with van der Waals surface area (Å²) in [5.41, 5.74) is 9.85. The molecule has 0 radical (unpaired) electrons. The molecule has 4 amide bonds. The molecule has 0 unspecified atom stereocenters. The van der Waals surface area contributed by atoms with E-state index >= 15 is 0 Å². The van der Waals surface area contributed by atoms with E-state index in [2.05, 4.69) is 4.98 Å². The van der Waals surface area contributed by atoms with Crippen molar-refractivity contribution in [3.63, 3.8) is 0 Å². The number of anilines is 2. The number of aliphatic carboxylic acids is 1. The number of carboxylic acid groups (broad SMARTS) is 1. The summed E-state index contributed by atoms with van der Waals surface area (Å²) in [5, 5.41) is 17.3. The van der Waals surface area contributed by atoms with E-state index in [-0.39, 0.29) is 17.1 Å². The van der Waals surface area contributed by atoms with Gasteiger partial charge in [0.15, 0.2) is 5.82 Å². The van der Waals surface area contributed by atoms with Gasteiger partial charge in [0.25, 0.3) is 5.97 Å². The minimum Gasteiger partial charge on any atom is -0.481 e. The minimum absolute atomic E-state index is 0.0158. The maximum atomic E-state index is 10.9. The van der Waals surface area contributed by atoms with Gasteiger partial charge in [0, 0.05) is 19.2 Å². The summed E-state index contributed by atoms with van der Waals surface area (Å²) in [6, 6.07) is 0.927. The van der Waals surface area contributed by atoms with Crippen LogP contribution in [0, 0.1) is 11.3 Å². The molecule has 0 bridgehead atoms. The Morgan fingerprint density at radius 3 is 2.05 bits per heavy atom. The standard InChI is InChI=1S/C8H10N8O2.C2H4O2/c9-2-4-3-14-6(16(13)8(11)18)1-5(4)15(12)7(10)17;1-2(3)4/h1,3H,12-13H2,(H2,10,17)(H2,11,18);1H3,(H,3,4). The molecule has 1 aromatic rings. The number of hydrazine groups is 2. The number of urea groups is 2. The highest BCUT2D eigenvalue weighted by Gasteiger charge is 2.17. The van der Waals surface area contributed by atoms with Crippen molar-refractivity contribution < 1.29 is 19.5 Å². The Labute approximate surface area is 124 Å². The number of nitriles is 1. The van der Waals surface area contributed by atoms with Crippen LogP contribution in [0.2, 0.25) is 0 Å². The molecular weight excluding hydrogens is 296 g/mol. The van der Waals surface area contributed by atoms with Crippen LogP contribution in [-0.4, -0.2) is 28.1 Å². The summed E-state index contributed by atoms with van der Waals surface area (Å²) in [5.74, 6) is 9.75. The molecule has 12 nitrogen and oxygen atoms in total. The summed E-state index contributed by atoms with van der Waals surface area (Å²) in [4.78, 5) is 34.5. The lowest BCUT2D eigenvalue weighted by Gasteiger charge is -2.18. The number of amides is 4. The first kappa shape index (κ1) is 18.6. The summed E-state index contributed by atoms with van der Waals surface area (Å²) < 4.78 is 0. The number of hydrogen-bond donors (Lipinski definition) is 5. The predicted molar refractivity (Wildman–Crippen MR) is 74.8 cm³/mol. The van der Waals surface area contributed by atoms with Crippen molar-refractivity contribution in [2.24, 2.45) is 23.2 Å². The third-order valence-electron chi connectivity index (χ3n) is 1.97. The van der Waals surface area contributed by atoms with E-state index in [1.54, 1.807) is 6.07 Å². The number of carbonyl (C=O) groups excluding carboxylic acids is 2. The van der Waals surface area contributed by atoms with Gasteiger partial charge in [-0.1, -0.05) is 0 Å². The van der Waals surface area contributed by atoms with Crippen molar-refractivity contribution in [3.05, 3.63) is 17.8 Å². The second kappa shape index (κ2) is 7.99. The van der Waals surface area contributed by atoms with E-state index in [1.165, 1.54) is 0 Å². The predicted octanol–water partition coefficient (Wildman–Crippen LogP) is -1.44. The molecule has 0 fully saturated rings. The van der Waals surface area contributed by atoms with E-state index in [0.29, 0.717) is 10.0 Å². The van der Waals surface area contributed by atoms with Gasteiger partial charge < -0.3 is 16.6 Å². The monoisotopic (exact) mass is 310 g/mol. The Kier molecular flexibility index (Phi) is 6.75. The molecule has 9 N–H and O–H groups in total. The molecule has 0 atom stereocenters. The van der Waals surface area contributed by atoms with Crippen LogP contribution in [-0.2, 0) is 4.79 Å². The summed E-state index contributed by atoms with van der Waals surface area (Å²) in [6.07, 6.45) is 1.08. The molecule has 12 heteroatoms. The minimum atomic E-state index is -0.994. The van der Waals surface area contributed by atoms with Gasteiger partial charge in [0.2, 0.25) is 0 Å². The van der Waals surface area contributed by atoms with Gasteiger partial charge in [-0.05, 0) is 0 Å². The lowest BCUT2D eigenvalue weighted by molar-refractivity contribution is -0.134. The number of carboxylic acids is 1. The lowest BCUT2D eigenvalue weighted by Crippen LogP contribution is -2.44. The fourth-order valence-corrected chi connectivity index (χ4v) is 1.08. The van der Waals surface area contributed by atoms with Gasteiger partial charge in [0.1, 0.15) is 6.07 Å². The van der Waals surface area contributed by atoms with Crippen molar-refractivity contribution >= 4 is 29.5 Å². The number of primary amides is 2. The van der Waals surface area contributed by atoms with Crippen LogP contribution in [0.3, 0.4) is 0 Å². The number of pyridine rings is 1. The number of nitrogens with zero attached hydrogens (tertiary/aromatic N) is 4. The highest BCUT2D eigenvalue weighted by atomic mass is 16.4. The van der Waals surface area contributed by atoms with Crippen molar-refractivity contribution in [2.75, 3.05) is 10.0 Å². The zero-order valence-electron chi connectivity index (χ0n) is 11.4. The fourth-order valence-electron chi connectivity index (χ4n) is 1.08. The van der Waals surface area contributed by atoms with E-state index < -0.39 is 18.0 Å². The van der Waals surface area contributed by atoms with Crippen LogP contribution in [0.25, 0.3) is 0 Å². The Morgan fingerprint density at radius 2 is 1.68 bits per heavy atom. The molecule has 0 aliphatic rings. The highest BCUT2D eigenvalue weighted by Crippen LogP contribution is 2.21. The van der Waals surface area contributed by atoms with Gasteiger partial charge in [-0.3, -0.25) is 4.79 Å². The Bertz CT molecular complexity index is 622. The van der Waals surface area contributed by atoms with Gasteiger partial charge in [-0.25, -0.2) is 36.3 Å². The van der Waals surface area contributed by atoms with Gasteiger partial charge >= 0.3 is 12.1 Å². The summed E-state index contributed by atoms with van der Waals surface area (Å²) >= 11 is 0. The third-order valence-corrected chi connectivity index (χ3v) is 1.97. The van der Waals surface area contributed by atoms with E-state index in [9.17, 15) is 9.59 Å². The second-order valence-electron chi connectivity index (χ2n) is 3.61. The third kappa shape index (κ3) is 5.28. The van der Waals surface area contributed by atoms with Crippen LogP contribution < -0.4 is 33.2 Å². The first-order chi connectivity index (χ1) is 10.1. The zero-order chi connectivity index (χ0) is 17.4. The zero-order valence-corrected chi connectivity index (χ0v) is 11.4. The summed E-state index contributed by atoms with van der Waals surface area (Å²) in [7, 11) is 0. The molecule has 1 heterocycles. The first-order valence-electron chi connectivity index (χ1n) is 5.40. The van der Waals surface area contributed by atoms with Gasteiger partial charge in [-0.15, -0.1) is 0 Å². The molecule has 1 aromatic heterocycles. The molecule has 0 spiro atoms. The highest BCUT2D eigenvalue weighted by molar-refractivity contribution is 5.93. The van der Waals surface area contributed by atoms with Crippen molar-refractivity contribution in [1.82, 2.24) is 4.98 Å². The Hall–Kier alpha value is -3.43. The molecule has 22 heavy (non-hydrogen) atoms. The van der Waals surface area contributed by atoms with Crippen molar-refractivity contribution in [2.45, 2.75) is 6.92 Å². The summed E-state index contributed by atoms with van der Waals surface area (Å²) in [6.45, 7) is 1.08. The smallest absolute Gasteiger partial charge is 0.335 e. The maximum absolute atomic E-state index is 10.9. The SMILES string of the molecule is CC(=O)O.N#Cc1cnc(N(N)C(N)=O)cc1N(N)C(N)=O. The van der Waals surface area contributed by atoms with E-state index in [0.717, 1.165) is 19.2 Å². The fraction of sp³-hybridized carbons (Fsp3) is 0.100. The molecule has 0 saturated heterocycles. The number of carbonyl (C=O) groups is 3. The van der Waals surface area contributed by atoms with Crippen LogP contribution in [0.15, 0.2) is 12.3 Å². The maximum Gasteiger partial charge on any atom is 0.335 e. The van der Waals surface area contributed by atoms with Crippen LogP contribution >= 0.6 is 0 Å². The number of hydrogen-bond acceptors (Lipinski definition) is 7. The molecule has 0 aromatic carbocycles. The molecule has 118 valence electrons. The second-order valence-corrected chi connectivity index (χ2v) is 3.61. The average molecular weight is 310 g/mol. The number of rotatable bonds is 2. The topological polar surface area (TPSA) is 219 Å². The van der Waals surface area contributed by atoms with Crippen LogP contribution in [0.1, 0.15) is 12.5 Å². The largest absolute Gasteiger partial charge is 0.481 e. The van der Waals surface area contributed by atoms with Crippen LogP contribution in [0.5, 0.6) is 0 Å². The van der Waals surface area contributed by atoms with Gasteiger partial charge in [-0.2, -0.15) is 5.26 Å². The van der Waals surface area contributed by atoms with E-state index in [4.69, 9.17) is 38.3 Å². The van der Waals surface area contributed by atoms with Crippen LogP contribution in [0.4, 0.5) is 21.1 Å². The van der Waals surface area contributed by atoms with Gasteiger partial charge in [0.05, 0.1) is 11.3 Å². The first-order valence-corrected chi connectivity index (χ1v) is 5.40. The molecule has 0 saturated carbocycles. The quantitative estimate of drug-likeness (QED) is 0.246. The number of aromatic nitrogens is 1. The average Bonchev–Trinajstić information content (AvgIpc) is 2.44. The molecular formula is C10H14N8O4. The number of nitrogens with two attached hydrogens (primary N) is 4. The molecule has 1 rings (SSSR count). The Balaban J connectivity index is 0.000000980. The van der Waals surface area contributed by atoms with Crippen molar-refractivity contribution in [3.8, 4) is 6.07 Å². The lowest BCUT2D eigenvalue weighted by atomic mass is 10.2. The van der Waals surface area contributed by atoms with Crippen molar-refractivity contribution in [1.29, 1.82) is 5.26 Å².